The zero-order valence-corrected chi connectivity index (χ0v) is 44.7. The summed E-state index contributed by atoms with van der Waals surface area (Å²) in [5, 5.41) is 23.1. The molecule has 0 fully saturated rings. The lowest BCUT2D eigenvalue weighted by Gasteiger charge is -2.20. The molecule has 66 heavy (non-hydrogen) atoms. The number of carbonyl (C=O) groups excluding carboxylic acids is 2. The van der Waals surface area contributed by atoms with Crippen LogP contribution < -0.4 is 5.32 Å². The number of aliphatic hydroxyl groups excluding tert-OH is 2. The summed E-state index contributed by atoms with van der Waals surface area (Å²) in [5.74, 6) is -0.0576. The monoisotopic (exact) mass is 932 g/mol. The van der Waals surface area contributed by atoms with Crippen LogP contribution in [0.15, 0.2) is 12.2 Å². The highest BCUT2D eigenvalue weighted by molar-refractivity contribution is 5.76. The molecule has 0 aliphatic carbocycles. The van der Waals surface area contributed by atoms with E-state index in [1.165, 1.54) is 270 Å². The van der Waals surface area contributed by atoms with Gasteiger partial charge in [0.1, 0.15) is 0 Å². The van der Waals surface area contributed by atoms with Gasteiger partial charge in [-0.1, -0.05) is 302 Å². The molecule has 1 amide bonds. The molecule has 0 heterocycles. The largest absolute Gasteiger partial charge is 0.466 e. The lowest BCUT2D eigenvalue weighted by molar-refractivity contribution is -0.143. The van der Waals surface area contributed by atoms with Crippen LogP contribution in [0.5, 0.6) is 0 Å². The molecule has 2 atom stereocenters. The molecule has 0 bridgehead atoms. The van der Waals surface area contributed by atoms with Crippen LogP contribution in [0.1, 0.15) is 335 Å². The number of carbonyl (C=O) groups is 2. The molecular weight excluding hydrogens is 815 g/mol. The molecule has 0 saturated carbocycles. The van der Waals surface area contributed by atoms with E-state index < -0.39 is 12.1 Å². The Kier molecular flexibility index (Phi) is 55.0. The molecule has 0 aromatic heterocycles. The summed E-state index contributed by atoms with van der Waals surface area (Å²) in [5.41, 5.74) is 0. The van der Waals surface area contributed by atoms with Gasteiger partial charge < -0.3 is 20.3 Å². The average Bonchev–Trinajstić information content (AvgIpc) is 3.32. The first-order chi connectivity index (χ1) is 32.5. The summed E-state index contributed by atoms with van der Waals surface area (Å²) < 4.78 is 5.48. The molecule has 0 aliphatic heterocycles. The predicted molar refractivity (Wildman–Crippen MR) is 287 cm³/mol. The third-order valence-electron chi connectivity index (χ3n) is 14.1. The lowest BCUT2D eigenvalue weighted by atomic mass is 10.0. The Labute approximate surface area is 412 Å². The van der Waals surface area contributed by atoms with Crippen molar-refractivity contribution in [3.05, 3.63) is 12.2 Å². The molecule has 2 unspecified atom stereocenters. The van der Waals surface area contributed by atoms with E-state index in [9.17, 15) is 19.8 Å². The predicted octanol–water partition coefficient (Wildman–Crippen LogP) is 18.5. The number of amides is 1. The molecule has 6 heteroatoms. The minimum Gasteiger partial charge on any atom is -0.466 e. The van der Waals surface area contributed by atoms with Crippen LogP contribution in [-0.4, -0.2) is 47.4 Å². The normalized spacial score (nSPS) is 12.6. The molecule has 0 aromatic carbocycles. The van der Waals surface area contributed by atoms with Crippen LogP contribution >= 0.6 is 0 Å². The van der Waals surface area contributed by atoms with E-state index in [-0.39, 0.29) is 18.5 Å². The van der Waals surface area contributed by atoms with Gasteiger partial charge in [-0.15, -0.1) is 0 Å². The fourth-order valence-electron chi connectivity index (χ4n) is 9.46. The number of hydrogen-bond donors (Lipinski definition) is 3. The van der Waals surface area contributed by atoms with E-state index in [0.717, 1.165) is 38.5 Å². The smallest absolute Gasteiger partial charge is 0.305 e. The maximum atomic E-state index is 12.5. The fourth-order valence-corrected chi connectivity index (χ4v) is 9.46. The Balaban J connectivity index is 3.42. The number of aliphatic hydroxyl groups is 2. The van der Waals surface area contributed by atoms with Gasteiger partial charge in [-0.2, -0.15) is 0 Å². The number of esters is 1. The highest BCUT2D eigenvalue weighted by atomic mass is 16.5. The second kappa shape index (κ2) is 56.2. The summed E-state index contributed by atoms with van der Waals surface area (Å²) in [6.45, 7) is 4.92. The average molecular weight is 933 g/mol. The molecule has 0 radical (unpaired) electrons. The van der Waals surface area contributed by atoms with E-state index in [0.29, 0.717) is 19.4 Å². The molecule has 0 saturated heterocycles. The summed E-state index contributed by atoms with van der Waals surface area (Å²) in [6.07, 6.45) is 66.6. The molecular formula is C60H117NO5. The van der Waals surface area contributed by atoms with Crippen molar-refractivity contribution in [2.24, 2.45) is 0 Å². The Morgan fingerprint density at radius 2 is 0.697 bits per heavy atom. The van der Waals surface area contributed by atoms with Crippen molar-refractivity contribution in [2.45, 2.75) is 347 Å². The van der Waals surface area contributed by atoms with Gasteiger partial charge in [0.05, 0.1) is 25.4 Å². The first kappa shape index (κ1) is 64.6. The van der Waals surface area contributed by atoms with E-state index in [2.05, 4.69) is 19.2 Å². The molecule has 0 rings (SSSR count). The van der Waals surface area contributed by atoms with Crippen LogP contribution in [0.25, 0.3) is 0 Å². The van der Waals surface area contributed by atoms with Crippen LogP contribution in [0.4, 0.5) is 0 Å². The van der Waals surface area contributed by atoms with E-state index in [1.807, 2.05) is 6.08 Å². The second-order valence-corrected chi connectivity index (χ2v) is 20.7. The summed E-state index contributed by atoms with van der Waals surface area (Å²) >= 11 is 0. The third kappa shape index (κ3) is 52.0. The fraction of sp³-hybridized carbons (Fsp3) is 0.933. The molecule has 3 N–H and O–H groups in total. The minimum absolute atomic E-state index is 0.0104. The summed E-state index contributed by atoms with van der Waals surface area (Å²) in [4.78, 5) is 24.5. The first-order valence-corrected chi connectivity index (χ1v) is 30.0. The van der Waals surface area contributed by atoms with Gasteiger partial charge in [0, 0.05) is 12.8 Å². The Hall–Kier alpha value is -1.40. The van der Waals surface area contributed by atoms with Crippen molar-refractivity contribution in [1.82, 2.24) is 5.32 Å². The van der Waals surface area contributed by atoms with Crippen LogP contribution in [0.3, 0.4) is 0 Å². The number of allylic oxidation sites excluding steroid dienone is 1. The van der Waals surface area contributed by atoms with Gasteiger partial charge in [-0.05, 0) is 32.1 Å². The number of ether oxygens (including phenoxy) is 1. The SMILES string of the molecule is CCCCCCCCCCCCCCCCC/C=C/C(O)C(CO)NC(=O)CCCCCCCCCCCCCCCCCCCCCOC(=O)CCCCCCCCCCCCCCC. The van der Waals surface area contributed by atoms with E-state index in [4.69, 9.17) is 4.74 Å². The van der Waals surface area contributed by atoms with Crippen molar-refractivity contribution in [3.8, 4) is 0 Å². The summed E-state index contributed by atoms with van der Waals surface area (Å²) in [7, 11) is 0. The van der Waals surface area contributed by atoms with Crippen LogP contribution in [-0.2, 0) is 14.3 Å². The van der Waals surface area contributed by atoms with Crippen molar-refractivity contribution in [2.75, 3.05) is 13.2 Å². The Bertz CT molecular complexity index is 986. The Morgan fingerprint density at radius 1 is 0.409 bits per heavy atom. The molecule has 6 nitrogen and oxygen atoms in total. The second-order valence-electron chi connectivity index (χ2n) is 20.7. The van der Waals surface area contributed by atoms with Gasteiger partial charge in [0.25, 0.3) is 0 Å². The number of rotatable bonds is 56. The maximum Gasteiger partial charge on any atom is 0.305 e. The quantitative estimate of drug-likeness (QED) is 0.0321. The summed E-state index contributed by atoms with van der Waals surface area (Å²) in [6, 6.07) is -0.629. The Morgan fingerprint density at radius 3 is 1.03 bits per heavy atom. The van der Waals surface area contributed by atoms with Gasteiger partial charge in [-0.25, -0.2) is 0 Å². The van der Waals surface area contributed by atoms with Crippen molar-refractivity contribution < 1.29 is 24.5 Å². The molecule has 0 aliphatic rings. The van der Waals surface area contributed by atoms with Gasteiger partial charge >= 0.3 is 5.97 Å². The highest BCUT2D eigenvalue weighted by Gasteiger charge is 2.18. The number of nitrogens with one attached hydrogen (secondary N) is 1. The van der Waals surface area contributed by atoms with Crippen LogP contribution in [0, 0.1) is 0 Å². The van der Waals surface area contributed by atoms with Crippen molar-refractivity contribution >= 4 is 11.9 Å². The van der Waals surface area contributed by atoms with E-state index in [1.54, 1.807) is 6.08 Å². The molecule has 392 valence electrons. The van der Waals surface area contributed by atoms with Gasteiger partial charge in [0.15, 0.2) is 0 Å². The van der Waals surface area contributed by atoms with Gasteiger partial charge in [-0.3, -0.25) is 9.59 Å². The topological polar surface area (TPSA) is 95.9 Å². The zero-order chi connectivity index (χ0) is 47.9. The first-order valence-electron chi connectivity index (χ1n) is 30.0. The molecule has 0 aromatic rings. The zero-order valence-electron chi connectivity index (χ0n) is 44.7. The standard InChI is InChI=1S/C60H117NO5/c1-3-5-7-9-11-13-15-17-18-22-25-29-32-36-40-44-48-52-58(63)57(56-62)61-59(64)53-49-45-41-37-33-30-26-23-20-19-21-24-27-31-35-39-43-47-51-55-66-60(65)54-50-46-42-38-34-28-16-14-12-10-8-6-4-2/h48,52,57-58,62-63H,3-47,49-51,53-56H2,1-2H3,(H,61,64)/b52-48+. The van der Waals surface area contributed by atoms with Crippen LogP contribution in [0.2, 0.25) is 0 Å². The third-order valence-corrected chi connectivity index (χ3v) is 14.1. The minimum atomic E-state index is -0.845. The van der Waals surface area contributed by atoms with Gasteiger partial charge in [0.2, 0.25) is 5.91 Å². The highest BCUT2D eigenvalue weighted by Crippen LogP contribution is 2.18. The van der Waals surface area contributed by atoms with E-state index >= 15 is 0 Å². The van der Waals surface area contributed by atoms with Crippen molar-refractivity contribution in [1.29, 1.82) is 0 Å². The molecule has 0 spiro atoms. The van der Waals surface area contributed by atoms with Crippen molar-refractivity contribution in [3.63, 3.8) is 0 Å². The number of hydrogen-bond acceptors (Lipinski definition) is 5. The lowest BCUT2D eigenvalue weighted by Crippen LogP contribution is -2.45. The maximum absolute atomic E-state index is 12.5. The number of unbranched alkanes of at least 4 members (excludes halogenated alkanes) is 45.